The lowest BCUT2D eigenvalue weighted by Crippen LogP contribution is -2.59. The van der Waals surface area contributed by atoms with Crippen molar-refractivity contribution in [2.45, 2.75) is 50.4 Å². The number of aliphatic hydroxyl groups is 2. The van der Waals surface area contributed by atoms with E-state index < -0.39 is 30.6 Å². The molecule has 0 aromatic heterocycles. The van der Waals surface area contributed by atoms with Gasteiger partial charge in [-0.25, -0.2) is 0 Å². The Hall–Kier alpha value is -0.890. The van der Waals surface area contributed by atoms with E-state index in [1.54, 1.807) is 0 Å². The fraction of sp³-hybridized carbons (Fsp3) is 1.00. The Labute approximate surface area is 111 Å². The molecule has 1 fully saturated rings. The number of methoxy groups -OCH3 is 1. The standard InChI is InChI=1S/C11H21N3O5/c1-3-4-5-18-10-8(13-14-12)9(16)7(6-15)19-11(10)17-2/h7-11,15-16H,3-6H2,1-2H3/t7?,8-,9?,10+,11+/m1/s1. The molecule has 0 amide bonds. The molecule has 1 aliphatic rings. The number of unbranched alkanes of at least 4 members (excludes halogenated alkanes) is 1. The highest BCUT2D eigenvalue weighted by Crippen LogP contribution is 2.26. The fourth-order valence-electron chi connectivity index (χ4n) is 1.98. The minimum Gasteiger partial charge on any atom is -0.394 e. The van der Waals surface area contributed by atoms with Crippen molar-refractivity contribution >= 4 is 0 Å². The number of azide groups is 1. The van der Waals surface area contributed by atoms with Gasteiger partial charge in [0.1, 0.15) is 12.2 Å². The number of nitrogens with zero attached hydrogens (tertiary/aromatic N) is 3. The van der Waals surface area contributed by atoms with Crippen LogP contribution in [0.25, 0.3) is 10.4 Å². The lowest BCUT2D eigenvalue weighted by atomic mass is 9.97. The lowest BCUT2D eigenvalue weighted by Gasteiger charge is -2.41. The van der Waals surface area contributed by atoms with E-state index in [9.17, 15) is 5.11 Å². The molecule has 1 aliphatic heterocycles. The van der Waals surface area contributed by atoms with Crippen molar-refractivity contribution < 1.29 is 24.4 Å². The molecule has 1 saturated heterocycles. The zero-order valence-electron chi connectivity index (χ0n) is 11.2. The van der Waals surface area contributed by atoms with Crippen molar-refractivity contribution in [1.82, 2.24) is 0 Å². The predicted octanol–water partition coefficient (Wildman–Crippen LogP) is 0.575. The van der Waals surface area contributed by atoms with Crippen LogP contribution in [0.15, 0.2) is 5.11 Å². The molecule has 0 aromatic rings. The molecule has 8 heteroatoms. The minimum atomic E-state index is -1.13. The van der Waals surface area contributed by atoms with E-state index in [1.165, 1.54) is 7.11 Å². The quantitative estimate of drug-likeness (QED) is 0.305. The molecule has 0 radical (unpaired) electrons. The van der Waals surface area contributed by atoms with Crippen molar-refractivity contribution in [2.24, 2.45) is 5.11 Å². The summed E-state index contributed by atoms with van der Waals surface area (Å²) in [5, 5.41) is 22.7. The van der Waals surface area contributed by atoms with E-state index in [-0.39, 0.29) is 6.61 Å². The van der Waals surface area contributed by atoms with E-state index in [1.807, 2.05) is 6.92 Å². The van der Waals surface area contributed by atoms with Crippen LogP contribution in [0.5, 0.6) is 0 Å². The van der Waals surface area contributed by atoms with Gasteiger partial charge in [0.05, 0.1) is 18.8 Å². The number of aliphatic hydroxyl groups excluding tert-OH is 2. The predicted molar refractivity (Wildman–Crippen MR) is 66.3 cm³/mol. The van der Waals surface area contributed by atoms with E-state index >= 15 is 0 Å². The molecule has 19 heavy (non-hydrogen) atoms. The molecule has 2 N–H and O–H groups in total. The monoisotopic (exact) mass is 275 g/mol. The Morgan fingerprint density at radius 2 is 2.21 bits per heavy atom. The first kappa shape index (κ1) is 16.2. The van der Waals surface area contributed by atoms with Crippen LogP contribution in [0.1, 0.15) is 19.8 Å². The summed E-state index contributed by atoms with van der Waals surface area (Å²) in [5.41, 5.74) is 8.59. The van der Waals surface area contributed by atoms with Crippen molar-refractivity contribution in [2.75, 3.05) is 20.3 Å². The van der Waals surface area contributed by atoms with E-state index in [2.05, 4.69) is 10.0 Å². The molecular formula is C11H21N3O5. The van der Waals surface area contributed by atoms with Crippen LogP contribution in [0.4, 0.5) is 0 Å². The molecule has 0 saturated carbocycles. The summed E-state index contributed by atoms with van der Waals surface area (Å²) >= 11 is 0. The SMILES string of the molecule is CCCCO[C@@H]1[C@@H](OC)OC(CO)C(O)[C@H]1N=[N+]=[N-]. The first-order valence-electron chi connectivity index (χ1n) is 6.32. The second-order valence-electron chi connectivity index (χ2n) is 4.34. The third-order valence-corrected chi connectivity index (χ3v) is 3.05. The molecule has 0 aliphatic carbocycles. The maximum Gasteiger partial charge on any atom is 0.184 e. The summed E-state index contributed by atoms with van der Waals surface area (Å²) in [6.45, 7) is 2.09. The maximum atomic E-state index is 10.0. The first-order chi connectivity index (χ1) is 9.19. The van der Waals surface area contributed by atoms with E-state index in [4.69, 9.17) is 24.8 Å². The second kappa shape index (κ2) is 8.31. The Bertz CT molecular complexity index is 311. The van der Waals surface area contributed by atoms with E-state index in [0.29, 0.717) is 6.61 Å². The zero-order chi connectivity index (χ0) is 14.3. The summed E-state index contributed by atoms with van der Waals surface area (Å²) in [6, 6.07) is -0.849. The lowest BCUT2D eigenvalue weighted by molar-refractivity contribution is -0.277. The van der Waals surface area contributed by atoms with Crippen molar-refractivity contribution in [3.8, 4) is 0 Å². The van der Waals surface area contributed by atoms with Crippen molar-refractivity contribution in [3.63, 3.8) is 0 Å². The Balaban J connectivity index is 2.82. The van der Waals surface area contributed by atoms with E-state index in [0.717, 1.165) is 12.8 Å². The van der Waals surface area contributed by atoms with Crippen LogP contribution in [0.2, 0.25) is 0 Å². The highest BCUT2D eigenvalue weighted by molar-refractivity contribution is 4.95. The van der Waals surface area contributed by atoms with Crippen molar-refractivity contribution in [1.29, 1.82) is 0 Å². The van der Waals surface area contributed by atoms with Gasteiger partial charge in [-0.3, -0.25) is 0 Å². The minimum absolute atomic E-state index is 0.389. The van der Waals surface area contributed by atoms with Crippen molar-refractivity contribution in [3.05, 3.63) is 10.4 Å². The van der Waals surface area contributed by atoms with Gasteiger partial charge in [0.2, 0.25) is 0 Å². The fourth-order valence-corrected chi connectivity index (χ4v) is 1.98. The molecule has 1 rings (SSSR count). The molecule has 0 bridgehead atoms. The Morgan fingerprint density at radius 1 is 1.47 bits per heavy atom. The average molecular weight is 275 g/mol. The van der Waals surface area contributed by atoms with Gasteiger partial charge in [0.25, 0.3) is 0 Å². The molecule has 1 heterocycles. The highest BCUT2D eigenvalue weighted by atomic mass is 16.7. The van der Waals surface area contributed by atoms with Gasteiger partial charge in [0, 0.05) is 18.6 Å². The molecule has 8 nitrogen and oxygen atoms in total. The van der Waals surface area contributed by atoms with Gasteiger partial charge < -0.3 is 24.4 Å². The summed E-state index contributed by atoms with van der Waals surface area (Å²) in [5.74, 6) is 0. The first-order valence-corrected chi connectivity index (χ1v) is 6.32. The highest BCUT2D eigenvalue weighted by Gasteiger charge is 2.45. The second-order valence-corrected chi connectivity index (χ2v) is 4.34. The number of hydrogen-bond acceptors (Lipinski definition) is 6. The molecule has 110 valence electrons. The summed E-state index contributed by atoms with van der Waals surface area (Å²) in [6.07, 6.45) is -1.65. The molecular weight excluding hydrogens is 254 g/mol. The van der Waals surface area contributed by atoms with Crippen LogP contribution in [0.3, 0.4) is 0 Å². The summed E-state index contributed by atoms with van der Waals surface area (Å²) < 4.78 is 16.1. The van der Waals surface area contributed by atoms with Gasteiger partial charge in [-0.15, -0.1) is 0 Å². The molecule has 0 spiro atoms. The largest absolute Gasteiger partial charge is 0.394 e. The third kappa shape index (κ3) is 4.04. The van der Waals surface area contributed by atoms with Crippen LogP contribution in [-0.2, 0) is 14.2 Å². The number of ether oxygens (including phenoxy) is 3. The maximum absolute atomic E-state index is 10.0. The molecule has 0 aromatic carbocycles. The Morgan fingerprint density at radius 3 is 2.74 bits per heavy atom. The van der Waals surface area contributed by atoms with Gasteiger partial charge >= 0.3 is 0 Å². The van der Waals surface area contributed by atoms with Gasteiger partial charge in [-0.1, -0.05) is 18.5 Å². The average Bonchev–Trinajstić information content (AvgIpc) is 2.43. The van der Waals surface area contributed by atoms with Gasteiger partial charge in [0.15, 0.2) is 6.29 Å². The summed E-state index contributed by atoms with van der Waals surface area (Å²) in [7, 11) is 1.43. The Kier molecular flexibility index (Phi) is 7.07. The van der Waals surface area contributed by atoms with Crippen LogP contribution < -0.4 is 0 Å². The number of hydrogen-bond donors (Lipinski definition) is 2. The van der Waals surface area contributed by atoms with Crippen LogP contribution in [-0.4, -0.2) is 61.2 Å². The summed E-state index contributed by atoms with van der Waals surface area (Å²) in [4.78, 5) is 2.72. The van der Waals surface area contributed by atoms with Gasteiger partial charge in [-0.2, -0.15) is 0 Å². The molecule has 2 unspecified atom stereocenters. The smallest absolute Gasteiger partial charge is 0.184 e. The number of rotatable bonds is 7. The van der Waals surface area contributed by atoms with Crippen LogP contribution >= 0.6 is 0 Å². The third-order valence-electron chi connectivity index (χ3n) is 3.05. The van der Waals surface area contributed by atoms with Crippen LogP contribution in [0, 0.1) is 0 Å². The van der Waals surface area contributed by atoms with Gasteiger partial charge in [-0.05, 0) is 12.0 Å². The molecule has 5 atom stereocenters. The normalized spacial score (nSPS) is 34.8. The topological polar surface area (TPSA) is 117 Å². The zero-order valence-corrected chi connectivity index (χ0v) is 11.2.